The first kappa shape index (κ1) is 20.5. The summed E-state index contributed by atoms with van der Waals surface area (Å²) < 4.78 is 39.2. The number of benzene rings is 2. The second-order valence-electron chi connectivity index (χ2n) is 6.03. The average Bonchev–Trinajstić information content (AvgIpc) is 2.59. The molecular weight excluding hydrogens is 377 g/mol. The maximum absolute atomic E-state index is 13.1. The van der Waals surface area contributed by atoms with Gasteiger partial charge in [0.1, 0.15) is 0 Å². The standard InChI is InChI=1S/C18H19F3N4OS/c1-25(2)15-8-11(7-13(9-15)18(19,20)21)10-23-17(27)24-14-5-3-12(4-6-14)16(22)26/h3-9H,10H2,1-2H3,(H2,22,26)(H2,23,24,27). The molecule has 0 spiro atoms. The van der Waals surface area contributed by atoms with E-state index >= 15 is 0 Å². The Morgan fingerprint density at radius 2 is 1.78 bits per heavy atom. The first-order valence-corrected chi connectivity index (χ1v) is 8.30. The number of amides is 1. The highest BCUT2D eigenvalue weighted by Gasteiger charge is 2.31. The summed E-state index contributed by atoms with van der Waals surface area (Å²) in [5.74, 6) is -0.538. The highest BCUT2D eigenvalue weighted by molar-refractivity contribution is 7.80. The molecule has 0 heterocycles. The average molecular weight is 396 g/mol. The van der Waals surface area contributed by atoms with Crippen molar-refractivity contribution < 1.29 is 18.0 Å². The predicted octanol–water partition coefficient (Wildman–Crippen LogP) is 3.36. The van der Waals surface area contributed by atoms with Gasteiger partial charge in [-0.3, -0.25) is 4.79 Å². The Kier molecular flexibility index (Phi) is 6.27. The van der Waals surface area contributed by atoms with Crippen molar-refractivity contribution in [2.75, 3.05) is 24.3 Å². The van der Waals surface area contributed by atoms with Gasteiger partial charge in [0.2, 0.25) is 5.91 Å². The molecule has 0 aliphatic carbocycles. The van der Waals surface area contributed by atoms with Gasteiger partial charge in [0, 0.05) is 37.6 Å². The number of alkyl halides is 3. The molecule has 27 heavy (non-hydrogen) atoms. The van der Waals surface area contributed by atoms with E-state index in [4.69, 9.17) is 18.0 Å². The molecule has 0 aromatic heterocycles. The molecular formula is C18H19F3N4OS. The summed E-state index contributed by atoms with van der Waals surface area (Å²) in [5.41, 5.74) is 6.33. The van der Waals surface area contributed by atoms with E-state index in [9.17, 15) is 18.0 Å². The third-order valence-corrected chi connectivity index (χ3v) is 3.95. The fourth-order valence-electron chi connectivity index (χ4n) is 2.27. The van der Waals surface area contributed by atoms with E-state index in [0.717, 1.165) is 12.1 Å². The van der Waals surface area contributed by atoms with Gasteiger partial charge in [-0.15, -0.1) is 0 Å². The van der Waals surface area contributed by atoms with Gasteiger partial charge in [-0.25, -0.2) is 0 Å². The van der Waals surface area contributed by atoms with Crippen LogP contribution in [0.2, 0.25) is 0 Å². The number of nitrogens with one attached hydrogen (secondary N) is 2. The fourth-order valence-corrected chi connectivity index (χ4v) is 2.46. The number of nitrogens with zero attached hydrogens (tertiary/aromatic N) is 1. The van der Waals surface area contributed by atoms with E-state index in [1.54, 1.807) is 49.3 Å². The van der Waals surface area contributed by atoms with Gasteiger partial charge < -0.3 is 21.3 Å². The van der Waals surface area contributed by atoms with Crippen molar-refractivity contribution in [1.82, 2.24) is 5.32 Å². The normalized spacial score (nSPS) is 11.0. The lowest BCUT2D eigenvalue weighted by atomic mass is 10.1. The topological polar surface area (TPSA) is 70.4 Å². The van der Waals surface area contributed by atoms with Crippen LogP contribution in [0.15, 0.2) is 42.5 Å². The number of nitrogens with two attached hydrogens (primary N) is 1. The number of hydrogen-bond donors (Lipinski definition) is 3. The molecule has 0 fully saturated rings. The highest BCUT2D eigenvalue weighted by atomic mass is 32.1. The van der Waals surface area contributed by atoms with E-state index in [-0.39, 0.29) is 11.7 Å². The largest absolute Gasteiger partial charge is 0.416 e. The third kappa shape index (κ3) is 5.85. The molecule has 144 valence electrons. The second-order valence-corrected chi connectivity index (χ2v) is 6.44. The second kappa shape index (κ2) is 8.26. The first-order chi connectivity index (χ1) is 12.6. The summed E-state index contributed by atoms with van der Waals surface area (Å²) in [4.78, 5) is 12.7. The summed E-state index contributed by atoms with van der Waals surface area (Å²) in [7, 11) is 3.35. The Balaban J connectivity index is 2.05. The molecule has 9 heteroatoms. The lowest BCUT2D eigenvalue weighted by Crippen LogP contribution is -2.28. The summed E-state index contributed by atoms with van der Waals surface area (Å²) >= 11 is 5.16. The number of anilines is 2. The number of rotatable bonds is 5. The van der Waals surface area contributed by atoms with Crippen LogP contribution in [0.4, 0.5) is 24.5 Å². The Labute approximate surface area is 160 Å². The molecule has 0 aliphatic rings. The third-order valence-electron chi connectivity index (χ3n) is 3.70. The quantitative estimate of drug-likeness (QED) is 0.676. The van der Waals surface area contributed by atoms with Crippen LogP contribution in [0.25, 0.3) is 0 Å². The molecule has 0 unspecified atom stereocenters. The maximum Gasteiger partial charge on any atom is 0.416 e. The maximum atomic E-state index is 13.1. The monoisotopic (exact) mass is 396 g/mol. The van der Waals surface area contributed by atoms with Crippen molar-refractivity contribution >= 4 is 34.6 Å². The van der Waals surface area contributed by atoms with Gasteiger partial charge in [-0.05, 0) is 60.2 Å². The number of thiocarbonyl (C=S) groups is 1. The lowest BCUT2D eigenvalue weighted by Gasteiger charge is -2.18. The smallest absolute Gasteiger partial charge is 0.378 e. The van der Waals surface area contributed by atoms with Crippen LogP contribution in [0.1, 0.15) is 21.5 Å². The molecule has 5 nitrogen and oxygen atoms in total. The number of primary amides is 1. The minimum absolute atomic E-state index is 0.121. The Morgan fingerprint density at radius 3 is 2.30 bits per heavy atom. The molecule has 4 N–H and O–H groups in total. The number of carbonyl (C=O) groups is 1. The zero-order valence-corrected chi connectivity index (χ0v) is 15.5. The molecule has 0 radical (unpaired) electrons. The Bertz CT molecular complexity index is 835. The summed E-state index contributed by atoms with van der Waals surface area (Å²) in [6, 6.07) is 10.2. The molecule has 0 bridgehead atoms. The van der Waals surface area contributed by atoms with Gasteiger partial charge in [-0.2, -0.15) is 13.2 Å². The molecule has 1 amide bonds. The summed E-state index contributed by atoms with van der Waals surface area (Å²) in [6.45, 7) is 0.121. The SMILES string of the molecule is CN(C)c1cc(CNC(=S)Nc2ccc(C(N)=O)cc2)cc(C(F)(F)F)c1. The molecule has 0 saturated heterocycles. The summed E-state index contributed by atoms with van der Waals surface area (Å²) in [6.07, 6.45) is -4.43. The van der Waals surface area contributed by atoms with Crippen molar-refractivity contribution in [3.8, 4) is 0 Å². The number of halogens is 3. The van der Waals surface area contributed by atoms with E-state index < -0.39 is 17.6 Å². The molecule has 2 aromatic carbocycles. The molecule has 0 atom stereocenters. The van der Waals surface area contributed by atoms with Crippen molar-refractivity contribution in [2.24, 2.45) is 5.73 Å². The van der Waals surface area contributed by atoms with E-state index in [2.05, 4.69) is 10.6 Å². The van der Waals surface area contributed by atoms with E-state index in [0.29, 0.717) is 22.5 Å². The van der Waals surface area contributed by atoms with Crippen molar-refractivity contribution in [3.63, 3.8) is 0 Å². The van der Waals surface area contributed by atoms with Crippen molar-refractivity contribution in [1.29, 1.82) is 0 Å². The van der Waals surface area contributed by atoms with Gasteiger partial charge in [0.25, 0.3) is 0 Å². The molecule has 2 aromatic rings. The van der Waals surface area contributed by atoms with Crippen LogP contribution in [0.3, 0.4) is 0 Å². The van der Waals surface area contributed by atoms with Crippen molar-refractivity contribution in [2.45, 2.75) is 12.7 Å². The van der Waals surface area contributed by atoms with Crippen LogP contribution in [-0.4, -0.2) is 25.1 Å². The first-order valence-electron chi connectivity index (χ1n) is 7.89. The molecule has 2 rings (SSSR count). The Hall–Kier alpha value is -2.81. The summed E-state index contributed by atoms with van der Waals surface area (Å²) in [5, 5.41) is 6.01. The minimum atomic E-state index is -4.43. The highest BCUT2D eigenvalue weighted by Crippen LogP contribution is 2.32. The van der Waals surface area contributed by atoms with Gasteiger partial charge in [0.05, 0.1) is 5.56 Å². The minimum Gasteiger partial charge on any atom is -0.378 e. The van der Waals surface area contributed by atoms with E-state index in [1.807, 2.05) is 0 Å². The van der Waals surface area contributed by atoms with Crippen molar-refractivity contribution in [3.05, 3.63) is 59.2 Å². The Morgan fingerprint density at radius 1 is 1.15 bits per heavy atom. The van der Waals surface area contributed by atoms with Crippen LogP contribution in [0, 0.1) is 0 Å². The van der Waals surface area contributed by atoms with Crippen LogP contribution in [0.5, 0.6) is 0 Å². The van der Waals surface area contributed by atoms with Crippen LogP contribution >= 0.6 is 12.2 Å². The van der Waals surface area contributed by atoms with Gasteiger partial charge in [0.15, 0.2) is 5.11 Å². The van der Waals surface area contributed by atoms with E-state index in [1.165, 1.54) is 0 Å². The van der Waals surface area contributed by atoms with Crippen LogP contribution < -0.4 is 21.3 Å². The zero-order chi connectivity index (χ0) is 20.2. The van der Waals surface area contributed by atoms with Crippen LogP contribution in [-0.2, 0) is 12.7 Å². The fraction of sp³-hybridized carbons (Fsp3) is 0.222. The van der Waals surface area contributed by atoms with Gasteiger partial charge in [-0.1, -0.05) is 0 Å². The lowest BCUT2D eigenvalue weighted by molar-refractivity contribution is -0.137. The van der Waals surface area contributed by atoms with Gasteiger partial charge >= 0.3 is 6.18 Å². The number of carbonyl (C=O) groups excluding carboxylic acids is 1. The number of hydrogen-bond acceptors (Lipinski definition) is 3. The predicted molar refractivity (Wildman–Crippen MR) is 104 cm³/mol. The zero-order valence-electron chi connectivity index (χ0n) is 14.7. The molecule has 0 saturated carbocycles. The molecule has 0 aliphatic heterocycles.